The number of likely N-dealkylation sites (tertiary alicyclic amines) is 1. The Morgan fingerprint density at radius 2 is 2.16 bits per heavy atom. The van der Waals surface area contributed by atoms with Crippen molar-refractivity contribution in [3.8, 4) is 5.75 Å². The minimum Gasteiger partial charge on any atom is -0.489 e. The van der Waals surface area contributed by atoms with Gasteiger partial charge in [-0.25, -0.2) is 0 Å². The summed E-state index contributed by atoms with van der Waals surface area (Å²) in [5, 5.41) is 2.99. The molecule has 1 saturated heterocycles. The summed E-state index contributed by atoms with van der Waals surface area (Å²) in [4.78, 5) is 14.4. The Labute approximate surface area is 114 Å². The molecule has 4 heteroatoms. The Kier molecular flexibility index (Phi) is 4.43. The van der Waals surface area contributed by atoms with E-state index < -0.39 is 0 Å². The average molecular weight is 262 g/mol. The normalized spacial score (nSPS) is 19.7. The summed E-state index contributed by atoms with van der Waals surface area (Å²) < 4.78 is 5.70. The third-order valence-electron chi connectivity index (χ3n) is 3.27. The second-order valence-corrected chi connectivity index (χ2v) is 5.40. The van der Waals surface area contributed by atoms with Crippen LogP contribution in [0, 0.1) is 5.92 Å². The Balaban J connectivity index is 2.04. The number of amides is 1. The maximum atomic E-state index is 12.2. The zero-order valence-corrected chi connectivity index (χ0v) is 11.8. The summed E-state index contributed by atoms with van der Waals surface area (Å²) in [5.74, 6) is 0.901. The molecule has 1 fully saturated rings. The molecule has 104 valence electrons. The van der Waals surface area contributed by atoms with Crippen molar-refractivity contribution in [2.45, 2.75) is 26.4 Å². The first-order valence-electron chi connectivity index (χ1n) is 6.81. The van der Waals surface area contributed by atoms with E-state index in [0.29, 0.717) is 0 Å². The Bertz CT molecular complexity index is 446. The molecule has 4 nitrogen and oxygen atoms in total. The molecule has 0 aliphatic carbocycles. The SMILES string of the molecule is CC(C)Oc1ccccc1NC(=O)C1CCN(C)C1. The molecule has 1 atom stereocenters. The first-order valence-corrected chi connectivity index (χ1v) is 6.81. The number of hydrogen-bond donors (Lipinski definition) is 1. The van der Waals surface area contributed by atoms with Gasteiger partial charge in [0.25, 0.3) is 0 Å². The molecular weight excluding hydrogens is 240 g/mol. The molecule has 1 aromatic carbocycles. The molecule has 1 aliphatic rings. The van der Waals surface area contributed by atoms with Gasteiger partial charge in [0.05, 0.1) is 17.7 Å². The van der Waals surface area contributed by atoms with Crippen molar-refractivity contribution in [2.75, 3.05) is 25.5 Å². The highest BCUT2D eigenvalue weighted by atomic mass is 16.5. The number of carbonyl (C=O) groups is 1. The highest BCUT2D eigenvalue weighted by Gasteiger charge is 2.26. The lowest BCUT2D eigenvalue weighted by molar-refractivity contribution is -0.119. The van der Waals surface area contributed by atoms with E-state index in [1.807, 2.05) is 45.2 Å². The van der Waals surface area contributed by atoms with Crippen LogP contribution in [0.3, 0.4) is 0 Å². The van der Waals surface area contributed by atoms with Gasteiger partial charge < -0.3 is 15.0 Å². The number of para-hydroxylation sites is 2. The van der Waals surface area contributed by atoms with Crippen LogP contribution in [0.4, 0.5) is 5.69 Å². The van der Waals surface area contributed by atoms with Crippen LogP contribution in [-0.2, 0) is 4.79 Å². The van der Waals surface area contributed by atoms with Gasteiger partial charge in [0.2, 0.25) is 5.91 Å². The molecule has 0 saturated carbocycles. The highest BCUT2D eigenvalue weighted by Crippen LogP contribution is 2.26. The number of hydrogen-bond acceptors (Lipinski definition) is 3. The zero-order chi connectivity index (χ0) is 13.8. The van der Waals surface area contributed by atoms with Gasteiger partial charge in [0.1, 0.15) is 5.75 Å². The molecule has 0 bridgehead atoms. The molecule has 2 rings (SSSR count). The quantitative estimate of drug-likeness (QED) is 0.905. The van der Waals surface area contributed by atoms with Crippen molar-refractivity contribution in [3.05, 3.63) is 24.3 Å². The predicted molar refractivity (Wildman–Crippen MR) is 76.4 cm³/mol. The molecule has 0 aromatic heterocycles. The molecule has 1 heterocycles. The maximum Gasteiger partial charge on any atom is 0.228 e. The molecule has 0 radical (unpaired) electrons. The van der Waals surface area contributed by atoms with Gasteiger partial charge in [-0.3, -0.25) is 4.79 Å². The second kappa shape index (κ2) is 6.06. The lowest BCUT2D eigenvalue weighted by Gasteiger charge is -2.16. The first-order chi connectivity index (χ1) is 9.06. The standard InChI is InChI=1S/C15H22N2O2/c1-11(2)19-14-7-5-4-6-13(14)16-15(18)12-8-9-17(3)10-12/h4-7,11-12H,8-10H2,1-3H3,(H,16,18). The largest absolute Gasteiger partial charge is 0.489 e. The highest BCUT2D eigenvalue weighted by molar-refractivity contribution is 5.94. The van der Waals surface area contributed by atoms with Crippen molar-refractivity contribution in [1.82, 2.24) is 4.90 Å². The molecule has 19 heavy (non-hydrogen) atoms. The van der Waals surface area contributed by atoms with Crippen molar-refractivity contribution >= 4 is 11.6 Å². The van der Waals surface area contributed by atoms with Gasteiger partial charge in [-0.05, 0) is 46.0 Å². The van der Waals surface area contributed by atoms with E-state index in [1.165, 1.54) is 0 Å². The molecule has 1 aliphatic heterocycles. The number of nitrogens with one attached hydrogen (secondary N) is 1. The van der Waals surface area contributed by atoms with Crippen molar-refractivity contribution in [1.29, 1.82) is 0 Å². The molecule has 1 unspecified atom stereocenters. The minimum absolute atomic E-state index is 0.0807. The summed E-state index contributed by atoms with van der Waals surface area (Å²) in [6.45, 7) is 5.77. The summed E-state index contributed by atoms with van der Waals surface area (Å²) in [5.41, 5.74) is 0.760. The van der Waals surface area contributed by atoms with E-state index in [2.05, 4.69) is 10.2 Å². The fourth-order valence-corrected chi connectivity index (χ4v) is 2.31. The Morgan fingerprint density at radius 3 is 2.79 bits per heavy atom. The monoisotopic (exact) mass is 262 g/mol. The number of anilines is 1. The van der Waals surface area contributed by atoms with Crippen LogP contribution in [0.15, 0.2) is 24.3 Å². The fourth-order valence-electron chi connectivity index (χ4n) is 2.31. The lowest BCUT2D eigenvalue weighted by atomic mass is 10.1. The van der Waals surface area contributed by atoms with Gasteiger partial charge >= 0.3 is 0 Å². The number of rotatable bonds is 4. The van der Waals surface area contributed by atoms with E-state index in [-0.39, 0.29) is 17.9 Å². The third-order valence-corrected chi connectivity index (χ3v) is 3.27. The topological polar surface area (TPSA) is 41.6 Å². The lowest BCUT2D eigenvalue weighted by Crippen LogP contribution is -2.25. The van der Waals surface area contributed by atoms with Crippen LogP contribution in [0.2, 0.25) is 0 Å². The van der Waals surface area contributed by atoms with E-state index in [0.717, 1.165) is 30.9 Å². The molecule has 1 amide bonds. The predicted octanol–water partition coefficient (Wildman–Crippen LogP) is 2.36. The Morgan fingerprint density at radius 1 is 1.42 bits per heavy atom. The van der Waals surface area contributed by atoms with Crippen LogP contribution in [-0.4, -0.2) is 37.0 Å². The summed E-state index contributed by atoms with van der Waals surface area (Å²) in [7, 11) is 2.04. The molecule has 1 N–H and O–H groups in total. The third kappa shape index (κ3) is 3.70. The van der Waals surface area contributed by atoms with Gasteiger partial charge in [0.15, 0.2) is 0 Å². The van der Waals surface area contributed by atoms with Crippen LogP contribution in [0.1, 0.15) is 20.3 Å². The first kappa shape index (κ1) is 13.9. The second-order valence-electron chi connectivity index (χ2n) is 5.40. The number of ether oxygens (including phenoxy) is 1. The Hall–Kier alpha value is -1.55. The van der Waals surface area contributed by atoms with Crippen molar-refractivity contribution in [3.63, 3.8) is 0 Å². The van der Waals surface area contributed by atoms with Gasteiger partial charge in [-0.15, -0.1) is 0 Å². The smallest absolute Gasteiger partial charge is 0.228 e. The van der Waals surface area contributed by atoms with Crippen molar-refractivity contribution < 1.29 is 9.53 Å². The summed E-state index contributed by atoms with van der Waals surface area (Å²) >= 11 is 0. The van der Waals surface area contributed by atoms with E-state index in [1.54, 1.807) is 0 Å². The van der Waals surface area contributed by atoms with Gasteiger partial charge in [-0.2, -0.15) is 0 Å². The molecule has 0 spiro atoms. The fraction of sp³-hybridized carbons (Fsp3) is 0.533. The van der Waals surface area contributed by atoms with Crippen molar-refractivity contribution in [2.24, 2.45) is 5.92 Å². The van der Waals surface area contributed by atoms with Crippen LogP contribution >= 0.6 is 0 Å². The van der Waals surface area contributed by atoms with E-state index in [9.17, 15) is 4.79 Å². The number of carbonyl (C=O) groups excluding carboxylic acids is 1. The van der Waals surface area contributed by atoms with Crippen LogP contribution < -0.4 is 10.1 Å². The minimum atomic E-state index is 0.0807. The molecule has 1 aromatic rings. The molecular formula is C15H22N2O2. The number of nitrogens with zero attached hydrogens (tertiary/aromatic N) is 1. The van der Waals surface area contributed by atoms with Crippen LogP contribution in [0.5, 0.6) is 5.75 Å². The van der Waals surface area contributed by atoms with Gasteiger partial charge in [0, 0.05) is 6.54 Å². The van der Waals surface area contributed by atoms with Gasteiger partial charge in [-0.1, -0.05) is 12.1 Å². The van der Waals surface area contributed by atoms with E-state index >= 15 is 0 Å². The summed E-state index contributed by atoms with van der Waals surface area (Å²) in [6, 6.07) is 7.59. The number of benzene rings is 1. The summed E-state index contributed by atoms with van der Waals surface area (Å²) in [6.07, 6.45) is 1.02. The maximum absolute atomic E-state index is 12.2. The average Bonchev–Trinajstić information content (AvgIpc) is 2.78. The van der Waals surface area contributed by atoms with Crippen LogP contribution in [0.25, 0.3) is 0 Å². The zero-order valence-electron chi connectivity index (χ0n) is 11.8. The van der Waals surface area contributed by atoms with E-state index in [4.69, 9.17) is 4.74 Å².